The van der Waals surface area contributed by atoms with Gasteiger partial charge >= 0.3 is 37.7 Å². The van der Waals surface area contributed by atoms with Gasteiger partial charge in [0.1, 0.15) is 11.9 Å². The second-order valence-corrected chi connectivity index (χ2v) is 0.904. The number of hydrogen-bond acceptors (Lipinski definition) is 5. The predicted molar refractivity (Wildman–Crippen MR) is 31.6 cm³/mol. The molecule has 0 spiro atoms. The maximum absolute atomic E-state index is 9.52. The Morgan fingerprint density at radius 2 is 0.917 bits per heavy atom. The molecule has 0 unspecified atom stereocenters. The predicted octanol–water partition coefficient (Wildman–Crippen LogP) is -6.80. The van der Waals surface area contributed by atoms with Crippen molar-refractivity contribution in [1.29, 1.82) is 0 Å². The number of Topliss-reactive ketones (excluding diaryl/α,β-unsaturated/α-hetero) is 1. The van der Waals surface area contributed by atoms with Gasteiger partial charge in [0.15, 0.2) is 0 Å². The van der Waals surface area contributed by atoms with Crippen LogP contribution in [0.25, 0.3) is 0 Å². The molecule has 8 nitrogen and oxygen atoms in total. The third kappa shape index (κ3) is 12.4. The number of aliphatic carboxylic acids is 2. The minimum atomic E-state index is -2.26. The van der Waals surface area contributed by atoms with Gasteiger partial charge in [-0.25, -0.2) is 0 Å². The zero-order chi connectivity index (χ0) is 6.73. The molecular formula is C3H6CaO8. The first kappa shape index (κ1) is 29.8. The molecule has 0 amide bonds. The number of hydrogen-bond donors (Lipinski definition) is 0. The molecule has 0 aromatic carbocycles. The van der Waals surface area contributed by atoms with Crippen LogP contribution in [0.5, 0.6) is 0 Å². The fourth-order valence-electron chi connectivity index (χ4n) is 0.0833. The van der Waals surface area contributed by atoms with E-state index in [9.17, 15) is 24.6 Å². The maximum atomic E-state index is 9.52. The molecule has 12 heavy (non-hydrogen) atoms. The first-order chi connectivity index (χ1) is 3.55. The molecule has 0 heterocycles. The maximum Gasteiger partial charge on any atom is 2.00 e. The summed E-state index contributed by atoms with van der Waals surface area (Å²) in [4.78, 5) is 28.0. The second kappa shape index (κ2) is 13.3. The molecule has 0 rings (SSSR count). The van der Waals surface area contributed by atoms with Crippen molar-refractivity contribution in [2.75, 3.05) is 0 Å². The fourth-order valence-corrected chi connectivity index (χ4v) is 0.0833. The third-order valence-electron chi connectivity index (χ3n) is 0.371. The summed E-state index contributed by atoms with van der Waals surface area (Å²) in [5.41, 5.74) is 0. The summed E-state index contributed by atoms with van der Waals surface area (Å²) >= 11 is 0. The van der Waals surface area contributed by atoms with Crippen LogP contribution in [0.15, 0.2) is 0 Å². The Morgan fingerprint density at radius 1 is 0.750 bits per heavy atom. The average molecular weight is 210 g/mol. The molecule has 0 aliphatic carbocycles. The quantitative estimate of drug-likeness (QED) is 0.248. The van der Waals surface area contributed by atoms with Gasteiger partial charge in [-0.15, -0.1) is 0 Å². The van der Waals surface area contributed by atoms with Gasteiger partial charge in [0, 0.05) is 0 Å². The molecule has 0 aromatic rings. The van der Waals surface area contributed by atoms with Crippen LogP contribution in [0.4, 0.5) is 0 Å². The standard InChI is InChI=1S/C3H2O5.Ca.3H2O/c4-1(2(5)6)3(7)8;;;;/h(H,5,6)(H,7,8);;3*1H2/q;+2;;;/p-2. The van der Waals surface area contributed by atoms with E-state index in [4.69, 9.17) is 0 Å². The molecule has 9 heteroatoms. The van der Waals surface area contributed by atoms with Gasteiger partial charge in [0.05, 0.1) is 0 Å². The van der Waals surface area contributed by atoms with Crippen molar-refractivity contribution in [2.24, 2.45) is 0 Å². The van der Waals surface area contributed by atoms with Gasteiger partial charge in [0.25, 0.3) is 0 Å². The monoisotopic (exact) mass is 210 g/mol. The van der Waals surface area contributed by atoms with Crippen LogP contribution >= 0.6 is 0 Å². The van der Waals surface area contributed by atoms with E-state index in [0.29, 0.717) is 0 Å². The molecule has 0 aliphatic rings. The Morgan fingerprint density at radius 3 is 0.917 bits per heavy atom. The Hall–Kier alpha value is -0.250. The van der Waals surface area contributed by atoms with E-state index in [2.05, 4.69) is 0 Å². The normalized spacial score (nSPS) is 5.33. The Kier molecular flexibility index (Phi) is 33.1. The molecule has 0 radical (unpaired) electrons. The van der Waals surface area contributed by atoms with Crippen LogP contribution in [0.1, 0.15) is 0 Å². The fraction of sp³-hybridized carbons (Fsp3) is 0. The van der Waals surface area contributed by atoms with Crippen LogP contribution in [-0.4, -0.2) is 71.9 Å². The van der Waals surface area contributed by atoms with E-state index in [-0.39, 0.29) is 54.2 Å². The van der Waals surface area contributed by atoms with Crippen molar-refractivity contribution in [3.8, 4) is 0 Å². The van der Waals surface area contributed by atoms with Gasteiger partial charge in [-0.05, 0) is 0 Å². The minimum Gasteiger partial charge on any atom is -0.541 e. The zero-order valence-electron chi connectivity index (χ0n) is 5.75. The molecule has 0 atom stereocenters. The van der Waals surface area contributed by atoms with E-state index in [0.717, 1.165) is 0 Å². The number of rotatable bonds is 2. The van der Waals surface area contributed by atoms with Crippen molar-refractivity contribution in [1.82, 2.24) is 0 Å². The van der Waals surface area contributed by atoms with Gasteiger partial charge in [-0.1, -0.05) is 0 Å². The van der Waals surface area contributed by atoms with Crippen molar-refractivity contribution in [2.45, 2.75) is 0 Å². The molecule has 0 aliphatic heterocycles. The van der Waals surface area contributed by atoms with Crippen LogP contribution < -0.4 is 10.2 Å². The van der Waals surface area contributed by atoms with E-state index < -0.39 is 17.7 Å². The molecule has 0 aromatic heterocycles. The van der Waals surface area contributed by atoms with Gasteiger partial charge in [-0.2, -0.15) is 0 Å². The van der Waals surface area contributed by atoms with Gasteiger partial charge < -0.3 is 36.2 Å². The Bertz CT molecular complexity index is 136. The number of carbonyl (C=O) groups excluding carboxylic acids is 3. The van der Waals surface area contributed by atoms with Crippen molar-refractivity contribution < 1.29 is 41.0 Å². The van der Waals surface area contributed by atoms with Gasteiger partial charge in [-0.3, -0.25) is 4.79 Å². The van der Waals surface area contributed by atoms with E-state index >= 15 is 0 Å². The summed E-state index contributed by atoms with van der Waals surface area (Å²) in [6.45, 7) is 0. The summed E-state index contributed by atoms with van der Waals surface area (Å²) in [5, 5.41) is 18.5. The number of ketones is 1. The number of carbonyl (C=O) groups is 3. The largest absolute Gasteiger partial charge is 2.00 e. The van der Waals surface area contributed by atoms with Crippen molar-refractivity contribution >= 4 is 55.5 Å². The van der Waals surface area contributed by atoms with Crippen LogP contribution in [0.2, 0.25) is 0 Å². The van der Waals surface area contributed by atoms with Gasteiger partial charge in [0.2, 0.25) is 5.78 Å². The summed E-state index contributed by atoms with van der Waals surface area (Å²) in [6.07, 6.45) is 0. The second-order valence-electron chi connectivity index (χ2n) is 0.904. The van der Waals surface area contributed by atoms with Crippen LogP contribution in [0, 0.1) is 0 Å². The van der Waals surface area contributed by atoms with Crippen molar-refractivity contribution in [3.63, 3.8) is 0 Å². The zero-order valence-corrected chi connectivity index (χ0v) is 7.96. The van der Waals surface area contributed by atoms with Crippen LogP contribution in [0.3, 0.4) is 0 Å². The summed E-state index contributed by atoms with van der Waals surface area (Å²) in [6, 6.07) is 0. The summed E-state index contributed by atoms with van der Waals surface area (Å²) in [7, 11) is 0. The average Bonchev–Trinajstić information content (AvgIpc) is 1.64. The summed E-state index contributed by atoms with van der Waals surface area (Å²) < 4.78 is 0. The summed E-state index contributed by atoms with van der Waals surface area (Å²) in [5.74, 6) is -6.56. The minimum absolute atomic E-state index is 0. The smallest absolute Gasteiger partial charge is 0.541 e. The SMILES string of the molecule is O.O.O.O=C([O-])C(=O)C(=O)[O-].[Ca+2]. The Labute approximate surface area is 96.1 Å². The van der Waals surface area contributed by atoms with Crippen molar-refractivity contribution in [3.05, 3.63) is 0 Å². The molecule has 0 saturated heterocycles. The third-order valence-corrected chi connectivity index (χ3v) is 0.371. The first-order valence-corrected chi connectivity index (χ1v) is 1.52. The van der Waals surface area contributed by atoms with E-state index in [1.807, 2.05) is 0 Å². The number of carboxylic acid groups (broad SMARTS) is 2. The topological polar surface area (TPSA) is 192 Å². The van der Waals surface area contributed by atoms with E-state index in [1.165, 1.54) is 0 Å². The molecule has 0 bridgehead atoms. The van der Waals surface area contributed by atoms with E-state index in [1.54, 1.807) is 0 Å². The molecule has 0 fully saturated rings. The number of carboxylic acids is 2. The first-order valence-electron chi connectivity index (χ1n) is 1.52. The Balaban J connectivity index is -0.0000000408. The molecular weight excluding hydrogens is 204 g/mol. The molecule has 0 saturated carbocycles. The molecule has 6 N–H and O–H groups in total. The van der Waals surface area contributed by atoms with Crippen LogP contribution in [-0.2, 0) is 14.4 Å². The molecule has 68 valence electrons.